The van der Waals surface area contributed by atoms with Crippen molar-refractivity contribution in [3.8, 4) is 0 Å². The number of halogens is 4. The third-order valence-electron chi connectivity index (χ3n) is 3.17. The molecule has 0 aliphatic heterocycles. The fraction of sp³-hybridized carbons (Fsp3) is 0.421. The Morgan fingerprint density at radius 1 is 0.963 bits per heavy atom. The van der Waals surface area contributed by atoms with E-state index in [0.29, 0.717) is 17.6 Å². The van der Waals surface area contributed by atoms with E-state index in [4.69, 9.17) is 11.6 Å². The molecule has 1 aromatic carbocycles. The number of hydrogen-bond donors (Lipinski definition) is 1. The number of nitrogens with zero attached hydrogens (tertiary/aromatic N) is 2. The average molecular weight is 395 g/mol. The predicted octanol–water partition coefficient (Wildman–Crippen LogP) is 3.02. The molecule has 1 unspecified atom stereocenters. The Morgan fingerprint density at radius 2 is 1.48 bits per heavy atom. The van der Waals surface area contributed by atoms with Crippen LogP contribution < -0.4 is 18.9 Å². The fourth-order valence-corrected chi connectivity index (χ4v) is 2.48. The summed E-state index contributed by atoms with van der Waals surface area (Å²) in [6, 6.07) is 11.4. The molecule has 1 heterocycles. The Balaban J connectivity index is 0.000000728. The first kappa shape index (κ1) is 26.0. The Labute approximate surface area is 175 Å². The van der Waals surface area contributed by atoms with Crippen LogP contribution in [-0.2, 0) is 6.18 Å². The molecule has 3 nitrogen and oxygen atoms in total. The van der Waals surface area contributed by atoms with Gasteiger partial charge in [-0.1, -0.05) is 75.7 Å². The zero-order chi connectivity index (χ0) is 19.9. The summed E-state index contributed by atoms with van der Waals surface area (Å²) >= 11 is 5.71. The summed E-state index contributed by atoms with van der Waals surface area (Å²) in [4.78, 5) is 3.27. The van der Waals surface area contributed by atoms with Gasteiger partial charge in [0, 0.05) is 5.56 Å². The largest absolute Gasteiger partial charge is 1.00 e. The SMILES string of the molecule is CC(C)[N-]C(C)C.OC(c1ccccc1)c1ccc(C(F)(F)F)nc1Cl.[Li+]. The number of hydrogen-bond acceptors (Lipinski definition) is 2. The molecule has 27 heavy (non-hydrogen) atoms. The van der Waals surface area contributed by atoms with Crippen molar-refractivity contribution in [1.29, 1.82) is 0 Å². The van der Waals surface area contributed by atoms with Crippen molar-refractivity contribution < 1.29 is 37.1 Å². The van der Waals surface area contributed by atoms with E-state index in [9.17, 15) is 18.3 Å². The van der Waals surface area contributed by atoms with Crippen molar-refractivity contribution in [2.24, 2.45) is 0 Å². The van der Waals surface area contributed by atoms with Gasteiger partial charge in [0.1, 0.15) is 17.0 Å². The zero-order valence-electron chi connectivity index (χ0n) is 16.1. The van der Waals surface area contributed by atoms with Gasteiger partial charge in [-0.05, 0) is 11.6 Å². The third kappa shape index (κ3) is 9.14. The van der Waals surface area contributed by atoms with Crippen LogP contribution in [0.15, 0.2) is 42.5 Å². The Morgan fingerprint density at radius 3 is 1.85 bits per heavy atom. The first-order chi connectivity index (χ1) is 12.0. The standard InChI is InChI=1S/C13H9ClF3NO.C6H14N.Li/c14-12-9(6-7-10(18-12)13(15,16)17)11(19)8-4-2-1-3-5-8;1-5(2)7-6(3)4;/h1-7,11,19H;5-6H,1-4H3;/q;-1;+1. The first-order valence-corrected chi connectivity index (χ1v) is 8.56. The predicted molar refractivity (Wildman–Crippen MR) is 98.4 cm³/mol. The molecule has 0 saturated heterocycles. The smallest absolute Gasteiger partial charge is 0.658 e. The van der Waals surface area contributed by atoms with Gasteiger partial charge in [-0.2, -0.15) is 13.2 Å². The van der Waals surface area contributed by atoms with Crippen molar-refractivity contribution in [1.82, 2.24) is 4.98 Å². The molecule has 0 spiro atoms. The van der Waals surface area contributed by atoms with Gasteiger partial charge in [-0.3, -0.25) is 0 Å². The number of pyridine rings is 1. The summed E-state index contributed by atoms with van der Waals surface area (Å²) in [5, 5.41) is 14.0. The van der Waals surface area contributed by atoms with E-state index in [2.05, 4.69) is 38.0 Å². The van der Waals surface area contributed by atoms with E-state index in [1.54, 1.807) is 30.3 Å². The number of aliphatic hydroxyl groups excluding tert-OH is 1. The summed E-state index contributed by atoms with van der Waals surface area (Å²) in [7, 11) is 0. The van der Waals surface area contributed by atoms with E-state index in [1.165, 1.54) is 0 Å². The summed E-state index contributed by atoms with van der Waals surface area (Å²) in [5.41, 5.74) is -0.409. The second kappa shape index (κ2) is 11.7. The molecular formula is C19H23ClF3LiN2O. The molecule has 0 radical (unpaired) electrons. The van der Waals surface area contributed by atoms with E-state index in [-0.39, 0.29) is 29.6 Å². The summed E-state index contributed by atoms with van der Waals surface area (Å²) in [6.45, 7) is 8.39. The number of aliphatic hydroxyl groups is 1. The van der Waals surface area contributed by atoms with E-state index >= 15 is 0 Å². The van der Waals surface area contributed by atoms with Gasteiger partial charge in [-0.25, -0.2) is 4.98 Å². The molecule has 1 N–H and O–H groups in total. The van der Waals surface area contributed by atoms with Crippen LogP contribution in [0.3, 0.4) is 0 Å². The molecule has 1 aromatic heterocycles. The van der Waals surface area contributed by atoms with Crippen molar-refractivity contribution in [3.05, 3.63) is 69.8 Å². The van der Waals surface area contributed by atoms with Gasteiger partial charge in [-0.15, -0.1) is 12.1 Å². The third-order valence-corrected chi connectivity index (χ3v) is 3.48. The van der Waals surface area contributed by atoms with Gasteiger partial charge in [0.05, 0.1) is 0 Å². The van der Waals surface area contributed by atoms with Gasteiger partial charge < -0.3 is 10.4 Å². The fourth-order valence-electron chi connectivity index (χ4n) is 2.22. The number of aromatic nitrogens is 1. The molecule has 1 atom stereocenters. The zero-order valence-corrected chi connectivity index (χ0v) is 16.9. The quantitative estimate of drug-likeness (QED) is 0.640. The van der Waals surface area contributed by atoms with Crippen molar-refractivity contribution in [2.45, 2.75) is 52.1 Å². The van der Waals surface area contributed by atoms with Crippen molar-refractivity contribution in [3.63, 3.8) is 0 Å². The van der Waals surface area contributed by atoms with Crippen LogP contribution in [0.2, 0.25) is 5.15 Å². The second-order valence-corrected chi connectivity index (χ2v) is 6.58. The normalized spacial score (nSPS) is 12.3. The van der Waals surface area contributed by atoms with Gasteiger partial charge in [0.2, 0.25) is 0 Å². The van der Waals surface area contributed by atoms with Crippen LogP contribution in [0.1, 0.15) is 50.6 Å². The average Bonchev–Trinajstić information content (AvgIpc) is 2.53. The maximum absolute atomic E-state index is 12.4. The molecule has 8 heteroatoms. The van der Waals surface area contributed by atoms with Crippen LogP contribution in [0.25, 0.3) is 5.32 Å². The number of alkyl halides is 3. The molecule has 2 aromatic rings. The van der Waals surface area contributed by atoms with Crippen LogP contribution in [0.5, 0.6) is 0 Å². The van der Waals surface area contributed by atoms with E-state index in [0.717, 1.165) is 12.1 Å². The maximum Gasteiger partial charge on any atom is 1.00 e. The molecule has 2 rings (SSSR count). The first-order valence-electron chi connectivity index (χ1n) is 8.19. The minimum Gasteiger partial charge on any atom is -0.658 e. The minimum atomic E-state index is -4.56. The Kier molecular flexibility index (Phi) is 11.3. The Bertz CT molecular complexity index is 676. The molecule has 0 fully saturated rings. The van der Waals surface area contributed by atoms with Crippen LogP contribution in [0.4, 0.5) is 13.2 Å². The van der Waals surface area contributed by atoms with Gasteiger partial charge >= 0.3 is 25.0 Å². The van der Waals surface area contributed by atoms with Crippen LogP contribution in [0, 0.1) is 0 Å². The molecular weight excluding hydrogens is 372 g/mol. The summed E-state index contributed by atoms with van der Waals surface area (Å²) in [6.07, 6.45) is -5.66. The second-order valence-electron chi connectivity index (χ2n) is 6.22. The monoisotopic (exact) mass is 394 g/mol. The van der Waals surface area contributed by atoms with Crippen LogP contribution in [-0.4, -0.2) is 22.2 Å². The molecule has 0 aliphatic rings. The number of rotatable bonds is 4. The van der Waals surface area contributed by atoms with Crippen LogP contribution >= 0.6 is 11.6 Å². The van der Waals surface area contributed by atoms with Gasteiger partial charge in [0.15, 0.2) is 0 Å². The summed E-state index contributed by atoms with van der Waals surface area (Å²) in [5.74, 6) is 0. The molecule has 0 amide bonds. The maximum atomic E-state index is 12.4. The van der Waals surface area contributed by atoms with Gasteiger partial charge in [0.25, 0.3) is 0 Å². The Hall–Kier alpha value is -1.03. The topological polar surface area (TPSA) is 47.2 Å². The summed E-state index contributed by atoms with van der Waals surface area (Å²) < 4.78 is 37.3. The molecule has 0 saturated carbocycles. The molecule has 144 valence electrons. The minimum absolute atomic E-state index is 0. The number of benzene rings is 1. The van der Waals surface area contributed by atoms with Crippen molar-refractivity contribution >= 4 is 11.6 Å². The molecule has 0 aliphatic carbocycles. The van der Waals surface area contributed by atoms with E-state index < -0.39 is 18.0 Å². The molecule has 0 bridgehead atoms. The van der Waals surface area contributed by atoms with E-state index in [1.807, 2.05) is 0 Å². The van der Waals surface area contributed by atoms with Crippen molar-refractivity contribution in [2.75, 3.05) is 0 Å².